The molecule has 0 amide bonds. The fourth-order valence-corrected chi connectivity index (χ4v) is 4.54. The first-order valence-electron chi connectivity index (χ1n) is 11.0. The van der Waals surface area contributed by atoms with Crippen LogP contribution in [0.5, 0.6) is 0 Å². The molecular formula is C22H30FN. The number of rotatable bonds is 4. The number of nitrogens with zero attached hydrogens (tertiary/aromatic N) is 1. The molecular weight excluding hydrogens is 297 g/mol. The van der Waals surface area contributed by atoms with Gasteiger partial charge in [-0.2, -0.15) is 5.26 Å². The zero-order valence-electron chi connectivity index (χ0n) is 17.6. The van der Waals surface area contributed by atoms with Gasteiger partial charge in [-0.3, -0.25) is 0 Å². The fraction of sp³-hybridized carbons (Fsp3) is 0.682. The van der Waals surface area contributed by atoms with Gasteiger partial charge in [0.05, 0.1) is 5.56 Å². The molecule has 2 heteroatoms. The summed E-state index contributed by atoms with van der Waals surface area (Å²) < 4.78 is 39.9. The van der Waals surface area contributed by atoms with Crippen LogP contribution in [-0.2, 0) is 0 Å². The molecule has 1 unspecified atom stereocenters. The second-order valence-corrected chi connectivity index (χ2v) is 7.54. The van der Waals surface area contributed by atoms with Crippen molar-refractivity contribution < 1.29 is 8.50 Å². The minimum Gasteiger partial charge on any atom is -0.206 e. The van der Waals surface area contributed by atoms with Gasteiger partial charge in [-0.25, -0.2) is 4.39 Å². The molecule has 0 heterocycles. The molecule has 2 fully saturated rings. The maximum atomic E-state index is 14.0. The summed E-state index contributed by atoms with van der Waals surface area (Å²) in [5.41, 5.74) is 0.486. The smallest absolute Gasteiger partial charge is 0.141 e. The second-order valence-electron chi connectivity index (χ2n) is 7.54. The van der Waals surface area contributed by atoms with E-state index in [1.807, 2.05) is 0 Å². The van der Waals surface area contributed by atoms with E-state index in [0.717, 1.165) is 18.8 Å². The van der Waals surface area contributed by atoms with E-state index < -0.39 is 24.5 Å². The molecule has 130 valence electrons. The molecule has 0 bridgehead atoms. The van der Waals surface area contributed by atoms with Crippen LogP contribution in [0.25, 0.3) is 0 Å². The summed E-state index contributed by atoms with van der Waals surface area (Å²) >= 11 is 0. The van der Waals surface area contributed by atoms with Crippen molar-refractivity contribution in [3.63, 3.8) is 0 Å². The predicted octanol–water partition coefficient (Wildman–Crippen LogP) is 6.58. The van der Waals surface area contributed by atoms with E-state index in [1.54, 1.807) is 12.1 Å². The maximum absolute atomic E-state index is 14.0. The van der Waals surface area contributed by atoms with Crippen LogP contribution in [0.1, 0.15) is 92.2 Å². The van der Waals surface area contributed by atoms with Gasteiger partial charge in [-0.1, -0.05) is 38.7 Å². The third kappa shape index (κ3) is 4.00. The number of hydrogen-bond acceptors (Lipinski definition) is 1. The monoisotopic (exact) mass is 330 g/mol. The Balaban J connectivity index is 1.72. The van der Waals surface area contributed by atoms with E-state index in [0.29, 0.717) is 24.3 Å². The number of nitriles is 1. The van der Waals surface area contributed by atoms with Crippen LogP contribution in [0, 0.1) is 34.9 Å². The van der Waals surface area contributed by atoms with Gasteiger partial charge in [0.2, 0.25) is 0 Å². The first-order valence-corrected chi connectivity index (χ1v) is 9.47. The third-order valence-corrected chi connectivity index (χ3v) is 6.00. The van der Waals surface area contributed by atoms with Crippen molar-refractivity contribution in [3.05, 3.63) is 35.1 Å². The Morgan fingerprint density at radius 2 is 1.92 bits per heavy atom. The first-order chi connectivity index (χ1) is 12.9. The molecule has 3 rings (SSSR count). The van der Waals surface area contributed by atoms with Crippen molar-refractivity contribution in [1.82, 2.24) is 0 Å². The highest BCUT2D eigenvalue weighted by Gasteiger charge is 2.31. The number of hydrogen-bond donors (Lipinski definition) is 0. The lowest BCUT2D eigenvalue weighted by Gasteiger charge is -2.38. The van der Waals surface area contributed by atoms with Gasteiger partial charge in [0, 0.05) is 4.11 Å². The molecule has 0 radical (unpaired) electrons. The molecule has 0 spiro atoms. The molecule has 0 aromatic heterocycles. The summed E-state index contributed by atoms with van der Waals surface area (Å²) in [6, 6.07) is 6.11. The van der Waals surface area contributed by atoms with Crippen LogP contribution in [0.4, 0.5) is 4.39 Å². The lowest BCUT2D eigenvalue weighted by atomic mass is 9.68. The molecule has 24 heavy (non-hydrogen) atoms. The van der Waals surface area contributed by atoms with Crippen LogP contribution in [0.2, 0.25) is 0 Å². The Bertz CT molecular complexity index is 691. The van der Waals surface area contributed by atoms with Gasteiger partial charge < -0.3 is 0 Å². The van der Waals surface area contributed by atoms with Gasteiger partial charge in [0.1, 0.15) is 11.9 Å². The van der Waals surface area contributed by atoms with E-state index in [9.17, 15) is 4.39 Å². The largest absolute Gasteiger partial charge is 0.206 e. The van der Waals surface area contributed by atoms with E-state index in [1.165, 1.54) is 37.8 Å². The van der Waals surface area contributed by atoms with Crippen molar-refractivity contribution in [3.8, 4) is 6.07 Å². The molecule has 3 atom stereocenters. The fourth-order valence-electron chi connectivity index (χ4n) is 4.54. The summed E-state index contributed by atoms with van der Waals surface area (Å²) in [4.78, 5) is 0. The van der Waals surface area contributed by atoms with E-state index in [2.05, 4.69) is 6.92 Å². The molecule has 0 N–H and O–H groups in total. The number of benzene rings is 1. The standard InChI is InChI=1S/C22H30FN/c1-2-3-16-4-6-17(7-5-16)18-8-10-19(11-9-18)20-12-13-21(15-24)22(23)14-20/h12-14,16-19H,2-11H2,1H3/t16-,17-,18-,19?/i10D,11D2/t10-,16-,17-,18-,19?/m1/s1. The van der Waals surface area contributed by atoms with Crippen LogP contribution >= 0.6 is 0 Å². The molecule has 0 saturated heterocycles. The van der Waals surface area contributed by atoms with Gasteiger partial charge >= 0.3 is 0 Å². The van der Waals surface area contributed by atoms with Gasteiger partial charge in [-0.05, 0) is 79.8 Å². The molecule has 1 nitrogen and oxygen atoms in total. The Morgan fingerprint density at radius 3 is 2.54 bits per heavy atom. The van der Waals surface area contributed by atoms with E-state index in [-0.39, 0.29) is 11.5 Å². The van der Waals surface area contributed by atoms with Crippen molar-refractivity contribution >= 4 is 0 Å². The van der Waals surface area contributed by atoms with E-state index >= 15 is 0 Å². The minimum atomic E-state index is -1.52. The van der Waals surface area contributed by atoms with Gasteiger partial charge in [-0.15, -0.1) is 0 Å². The molecule has 1 aromatic carbocycles. The Kier molecular flexibility index (Phi) is 4.71. The lowest BCUT2D eigenvalue weighted by molar-refractivity contribution is 0.156. The zero-order valence-corrected chi connectivity index (χ0v) is 14.6. The summed E-state index contributed by atoms with van der Waals surface area (Å²) in [6.45, 7) is 2.23. The Labute approximate surface area is 150 Å². The first kappa shape index (κ1) is 13.9. The predicted molar refractivity (Wildman–Crippen MR) is 96.2 cm³/mol. The zero-order chi connectivity index (χ0) is 19.6. The number of halogens is 1. The minimum absolute atomic E-state index is 0.0293. The average Bonchev–Trinajstić information content (AvgIpc) is 2.61. The van der Waals surface area contributed by atoms with Crippen LogP contribution in [0.15, 0.2) is 18.2 Å². The Morgan fingerprint density at radius 1 is 1.17 bits per heavy atom. The lowest BCUT2D eigenvalue weighted by Crippen LogP contribution is -2.25. The Hall–Kier alpha value is -1.36. The SMILES string of the molecule is [2H][C@@H]1C[C@@H]([C@H]2CC[C@H](CCC)CC2)CC([2H])([2H])C1c1ccc(C#N)c(F)c1. The summed E-state index contributed by atoms with van der Waals surface area (Å²) in [5.74, 6) is 0.360. The molecule has 2 saturated carbocycles. The van der Waals surface area contributed by atoms with Crippen LogP contribution in [0.3, 0.4) is 0 Å². The van der Waals surface area contributed by atoms with E-state index in [4.69, 9.17) is 9.37 Å². The third-order valence-electron chi connectivity index (χ3n) is 6.00. The second kappa shape index (κ2) is 8.15. The molecule has 1 aromatic rings. The molecule has 0 aliphatic heterocycles. The van der Waals surface area contributed by atoms with Crippen LogP contribution in [-0.4, -0.2) is 0 Å². The highest BCUT2D eigenvalue weighted by Crippen LogP contribution is 2.44. The van der Waals surface area contributed by atoms with Crippen molar-refractivity contribution in [2.75, 3.05) is 0 Å². The average molecular weight is 331 g/mol. The quantitative estimate of drug-likeness (QED) is 0.612. The summed E-state index contributed by atoms with van der Waals surface area (Å²) in [5, 5.41) is 8.90. The summed E-state index contributed by atoms with van der Waals surface area (Å²) in [7, 11) is 0. The van der Waals surface area contributed by atoms with Gasteiger partial charge in [0.15, 0.2) is 0 Å². The highest BCUT2D eigenvalue weighted by atomic mass is 19.1. The van der Waals surface area contributed by atoms with Crippen LogP contribution < -0.4 is 0 Å². The van der Waals surface area contributed by atoms with Crippen molar-refractivity contribution in [1.29, 1.82) is 5.26 Å². The maximum Gasteiger partial charge on any atom is 0.141 e. The van der Waals surface area contributed by atoms with Crippen molar-refractivity contribution in [2.24, 2.45) is 17.8 Å². The molecule has 2 aliphatic carbocycles. The summed E-state index contributed by atoms with van der Waals surface area (Å²) in [6.07, 6.45) is 6.39. The van der Waals surface area contributed by atoms with Crippen molar-refractivity contribution in [2.45, 2.75) is 77.0 Å². The van der Waals surface area contributed by atoms with Gasteiger partial charge in [0.25, 0.3) is 0 Å². The normalized spacial score (nSPS) is 37.7. The topological polar surface area (TPSA) is 23.8 Å². The highest BCUT2D eigenvalue weighted by molar-refractivity contribution is 5.34. The molecule has 2 aliphatic rings.